The molecule has 1 rings (SSSR count). The number of carbonyl (C=O) groups excluding carboxylic acids is 2. The van der Waals surface area contributed by atoms with E-state index >= 15 is 0 Å². The van der Waals surface area contributed by atoms with Crippen molar-refractivity contribution in [3.63, 3.8) is 0 Å². The fourth-order valence-electron chi connectivity index (χ4n) is 1.60. The van der Waals surface area contributed by atoms with Crippen molar-refractivity contribution in [2.24, 2.45) is 0 Å². The van der Waals surface area contributed by atoms with Crippen LogP contribution in [0.15, 0.2) is 18.5 Å². The number of carbonyl (C=O) groups is 1. The molecular formula is C10H12ClNO3. The Morgan fingerprint density at radius 3 is 3.00 bits per heavy atom. The SMILES string of the molecule is C=CN1CCCC1C(=C=O)OC(=O)CCl. The molecular weight excluding hydrogens is 218 g/mol. The first kappa shape index (κ1) is 11.8. The second-order valence-corrected chi connectivity index (χ2v) is 3.42. The summed E-state index contributed by atoms with van der Waals surface area (Å²) in [4.78, 5) is 23.4. The molecule has 5 heteroatoms. The van der Waals surface area contributed by atoms with E-state index in [0.29, 0.717) is 0 Å². The Morgan fingerprint density at radius 1 is 1.73 bits per heavy atom. The number of esters is 1. The van der Waals surface area contributed by atoms with Crippen molar-refractivity contribution in [1.29, 1.82) is 0 Å². The monoisotopic (exact) mass is 229 g/mol. The van der Waals surface area contributed by atoms with E-state index < -0.39 is 5.97 Å². The van der Waals surface area contributed by atoms with Gasteiger partial charge in [0.05, 0.1) is 6.04 Å². The van der Waals surface area contributed by atoms with Crippen LogP contribution < -0.4 is 0 Å². The molecule has 0 aromatic rings. The number of hydrogen-bond acceptors (Lipinski definition) is 4. The molecule has 0 radical (unpaired) electrons. The predicted molar refractivity (Wildman–Crippen MR) is 55.9 cm³/mol. The van der Waals surface area contributed by atoms with Crippen LogP contribution in [0.1, 0.15) is 12.8 Å². The van der Waals surface area contributed by atoms with Crippen LogP contribution in [0.3, 0.4) is 0 Å². The quantitative estimate of drug-likeness (QED) is 0.313. The van der Waals surface area contributed by atoms with Gasteiger partial charge in [0.2, 0.25) is 5.76 Å². The molecule has 1 aliphatic heterocycles. The van der Waals surface area contributed by atoms with E-state index in [1.165, 1.54) is 0 Å². The normalized spacial score (nSPS) is 19.5. The number of ether oxygens (including phenoxy) is 1. The van der Waals surface area contributed by atoms with E-state index in [4.69, 9.17) is 16.3 Å². The van der Waals surface area contributed by atoms with Crippen LogP contribution in [0.25, 0.3) is 0 Å². The molecule has 0 saturated carbocycles. The van der Waals surface area contributed by atoms with Crippen LogP contribution >= 0.6 is 11.6 Å². The highest BCUT2D eigenvalue weighted by atomic mass is 35.5. The fraction of sp³-hybridized carbons (Fsp3) is 0.500. The topological polar surface area (TPSA) is 46.6 Å². The molecule has 0 aliphatic carbocycles. The van der Waals surface area contributed by atoms with Gasteiger partial charge in [0.15, 0.2) is 5.94 Å². The third-order valence-corrected chi connectivity index (χ3v) is 2.48. The number of halogens is 1. The lowest BCUT2D eigenvalue weighted by Crippen LogP contribution is -2.28. The van der Waals surface area contributed by atoms with Crippen molar-refractivity contribution < 1.29 is 14.3 Å². The Labute approximate surface area is 93.1 Å². The smallest absolute Gasteiger partial charge is 0.326 e. The molecule has 1 unspecified atom stereocenters. The number of likely N-dealkylation sites (tertiary alicyclic amines) is 1. The Bertz CT molecular complexity index is 310. The lowest BCUT2D eigenvalue weighted by atomic mass is 10.2. The van der Waals surface area contributed by atoms with E-state index in [1.807, 2.05) is 4.90 Å². The first-order chi connectivity index (χ1) is 7.22. The zero-order valence-electron chi connectivity index (χ0n) is 8.24. The first-order valence-corrected chi connectivity index (χ1v) is 5.16. The predicted octanol–water partition coefficient (Wildman–Crippen LogP) is 1.09. The zero-order chi connectivity index (χ0) is 11.3. The summed E-state index contributed by atoms with van der Waals surface area (Å²) < 4.78 is 4.80. The van der Waals surface area contributed by atoms with Gasteiger partial charge in [0.25, 0.3) is 0 Å². The van der Waals surface area contributed by atoms with Gasteiger partial charge in [-0.1, -0.05) is 6.58 Å². The van der Waals surface area contributed by atoms with Crippen LogP contribution in [-0.4, -0.2) is 35.3 Å². The molecule has 1 fully saturated rings. The Morgan fingerprint density at radius 2 is 2.47 bits per heavy atom. The molecule has 0 amide bonds. The standard InChI is InChI=1S/C10H12ClNO3/c1-2-12-5-3-4-8(12)9(7-13)15-10(14)6-11/h2,8H,1,3-6H2. The number of alkyl halides is 1. The molecule has 0 N–H and O–H groups in total. The lowest BCUT2D eigenvalue weighted by molar-refractivity contribution is -0.137. The third-order valence-electron chi connectivity index (χ3n) is 2.26. The summed E-state index contributed by atoms with van der Waals surface area (Å²) in [6.07, 6.45) is 3.32. The van der Waals surface area contributed by atoms with Gasteiger partial charge in [-0.2, -0.15) is 0 Å². The highest BCUT2D eigenvalue weighted by molar-refractivity contribution is 6.26. The van der Waals surface area contributed by atoms with Gasteiger partial charge in [0, 0.05) is 6.54 Å². The molecule has 1 heterocycles. The summed E-state index contributed by atoms with van der Waals surface area (Å²) in [6, 6.07) is -0.229. The van der Waals surface area contributed by atoms with Crippen LogP contribution in [0.4, 0.5) is 0 Å². The number of hydrogen-bond donors (Lipinski definition) is 0. The second-order valence-electron chi connectivity index (χ2n) is 3.15. The molecule has 1 saturated heterocycles. The average Bonchev–Trinajstić information content (AvgIpc) is 2.73. The Kier molecular flexibility index (Phi) is 4.40. The van der Waals surface area contributed by atoms with Crippen molar-refractivity contribution in [3.05, 3.63) is 18.5 Å². The second kappa shape index (κ2) is 5.59. The summed E-state index contributed by atoms with van der Waals surface area (Å²) in [5, 5.41) is 0. The van der Waals surface area contributed by atoms with E-state index in [0.717, 1.165) is 19.4 Å². The Balaban J connectivity index is 2.70. The van der Waals surface area contributed by atoms with E-state index in [9.17, 15) is 9.59 Å². The molecule has 0 spiro atoms. The fourth-order valence-corrected chi connectivity index (χ4v) is 1.65. The minimum Gasteiger partial charge on any atom is -0.416 e. The number of rotatable bonds is 4. The van der Waals surface area contributed by atoms with Crippen molar-refractivity contribution in [2.45, 2.75) is 18.9 Å². The van der Waals surface area contributed by atoms with Gasteiger partial charge in [-0.05, 0) is 19.0 Å². The molecule has 4 nitrogen and oxygen atoms in total. The lowest BCUT2D eigenvalue weighted by Gasteiger charge is -2.21. The molecule has 15 heavy (non-hydrogen) atoms. The van der Waals surface area contributed by atoms with Crippen molar-refractivity contribution in [1.82, 2.24) is 4.90 Å². The van der Waals surface area contributed by atoms with E-state index in [2.05, 4.69) is 6.58 Å². The summed E-state index contributed by atoms with van der Waals surface area (Å²) >= 11 is 5.28. The van der Waals surface area contributed by atoms with Crippen LogP contribution in [-0.2, 0) is 14.3 Å². The highest BCUT2D eigenvalue weighted by Crippen LogP contribution is 2.23. The largest absolute Gasteiger partial charge is 0.416 e. The molecule has 0 bridgehead atoms. The molecule has 1 aliphatic rings. The van der Waals surface area contributed by atoms with Crippen LogP contribution in [0.5, 0.6) is 0 Å². The van der Waals surface area contributed by atoms with Gasteiger partial charge in [-0.3, -0.25) is 4.79 Å². The Hall–Kier alpha value is -1.25. The summed E-state index contributed by atoms with van der Waals surface area (Å²) in [6.45, 7) is 4.43. The average molecular weight is 230 g/mol. The number of nitrogens with zero attached hydrogens (tertiary/aromatic N) is 1. The first-order valence-electron chi connectivity index (χ1n) is 4.63. The maximum atomic E-state index is 10.9. The minimum absolute atomic E-state index is 0.00181. The van der Waals surface area contributed by atoms with E-state index in [-0.39, 0.29) is 17.7 Å². The van der Waals surface area contributed by atoms with Crippen molar-refractivity contribution >= 4 is 23.5 Å². The van der Waals surface area contributed by atoms with Gasteiger partial charge >= 0.3 is 5.97 Å². The van der Waals surface area contributed by atoms with Gasteiger partial charge in [0.1, 0.15) is 5.88 Å². The molecule has 0 aromatic heterocycles. The summed E-state index contributed by atoms with van der Waals surface area (Å²) in [5.41, 5.74) is 0. The highest BCUT2D eigenvalue weighted by Gasteiger charge is 2.28. The minimum atomic E-state index is -0.633. The summed E-state index contributed by atoms with van der Waals surface area (Å²) in [7, 11) is 0. The molecule has 82 valence electrons. The maximum absolute atomic E-state index is 10.9. The van der Waals surface area contributed by atoms with Gasteiger partial charge in [-0.15, -0.1) is 11.6 Å². The molecule has 0 aromatic carbocycles. The maximum Gasteiger partial charge on any atom is 0.326 e. The van der Waals surface area contributed by atoms with E-state index in [1.54, 1.807) is 12.1 Å². The van der Waals surface area contributed by atoms with Crippen molar-refractivity contribution in [3.8, 4) is 0 Å². The van der Waals surface area contributed by atoms with Gasteiger partial charge < -0.3 is 9.64 Å². The summed E-state index contributed by atoms with van der Waals surface area (Å²) in [5.74, 6) is 0.742. The van der Waals surface area contributed by atoms with Crippen LogP contribution in [0, 0.1) is 0 Å². The van der Waals surface area contributed by atoms with Gasteiger partial charge in [-0.25, -0.2) is 4.79 Å². The molecule has 1 atom stereocenters. The van der Waals surface area contributed by atoms with Crippen molar-refractivity contribution in [2.75, 3.05) is 12.4 Å². The van der Waals surface area contributed by atoms with Crippen LogP contribution in [0.2, 0.25) is 0 Å². The zero-order valence-corrected chi connectivity index (χ0v) is 9.00. The third kappa shape index (κ3) is 2.85.